The number of hydrogen-bond acceptors (Lipinski definition) is 2. The Morgan fingerprint density at radius 2 is 2.14 bits per heavy atom. The van der Waals surface area contributed by atoms with E-state index < -0.39 is 0 Å². The van der Waals surface area contributed by atoms with Gasteiger partial charge in [-0.3, -0.25) is 0 Å². The van der Waals surface area contributed by atoms with Gasteiger partial charge in [0.2, 0.25) is 0 Å². The topological polar surface area (TPSA) is 38.0 Å². The molecule has 1 aromatic carbocycles. The molecule has 0 saturated heterocycles. The highest BCUT2D eigenvalue weighted by Crippen LogP contribution is 2.18. The van der Waals surface area contributed by atoms with Gasteiger partial charge in [-0.25, -0.2) is 0 Å². The summed E-state index contributed by atoms with van der Waals surface area (Å²) in [7, 11) is 0. The lowest BCUT2D eigenvalue weighted by molar-refractivity contribution is 0.506. The van der Waals surface area contributed by atoms with Gasteiger partial charge in [0.1, 0.15) is 0 Å². The van der Waals surface area contributed by atoms with Crippen LogP contribution in [0.15, 0.2) is 24.3 Å². The van der Waals surface area contributed by atoms with Gasteiger partial charge >= 0.3 is 0 Å². The van der Waals surface area contributed by atoms with Crippen LogP contribution in [0.2, 0.25) is 0 Å². The summed E-state index contributed by atoms with van der Waals surface area (Å²) in [5.74, 6) is 0. The fraction of sp³-hybridized carbons (Fsp3) is 0.500. The second kappa shape index (κ2) is 4.47. The van der Waals surface area contributed by atoms with Crippen LogP contribution in [-0.4, -0.2) is 12.1 Å². The monoisotopic (exact) mass is 192 g/mol. The molecule has 0 amide bonds. The molecule has 2 heteroatoms. The number of nitrogens with one attached hydrogen (secondary N) is 1. The van der Waals surface area contributed by atoms with E-state index in [9.17, 15) is 0 Å². The molecule has 1 unspecified atom stereocenters. The Morgan fingerprint density at radius 3 is 2.64 bits per heavy atom. The van der Waals surface area contributed by atoms with Gasteiger partial charge in [-0.1, -0.05) is 19.1 Å². The van der Waals surface area contributed by atoms with E-state index in [0.29, 0.717) is 6.54 Å². The smallest absolute Gasteiger partial charge is 0.0465 e. The first-order chi connectivity index (χ1) is 6.59. The molecule has 1 aromatic rings. The maximum Gasteiger partial charge on any atom is 0.0465 e. The highest BCUT2D eigenvalue weighted by molar-refractivity contribution is 5.47. The van der Waals surface area contributed by atoms with Crippen molar-refractivity contribution in [1.29, 1.82) is 0 Å². The second-order valence-corrected chi connectivity index (χ2v) is 4.11. The predicted octanol–water partition coefficient (Wildman–Crippen LogP) is 2.53. The molecule has 0 fully saturated rings. The van der Waals surface area contributed by atoms with E-state index in [0.717, 1.165) is 12.1 Å². The Labute approximate surface area is 86.5 Å². The van der Waals surface area contributed by atoms with E-state index in [4.69, 9.17) is 5.73 Å². The minimum Gasteiger partial charge on any atom is -0.379 e. The molecule has 0 spiro atoms. The van der Waals surface area contributed by atoms with Crippen LogP contribution in [0.4, 0.5) is 5.69 Å². The van der Waals surface area contributed by atoms with Crippen molar-refractivity contribution in [3.05, 3.63) is 29.8 Å². The van der Waals surface area contributed by atoms with Crippen molar-refractivity contribution in [2.75, 3.05) is 11.9 Å². The molecule has 3 N–H and O–H groups in total. The summed E-state index contributed by atoms with van der Waals surface area (Å²) in [6.45, 7) is 7.04. The molecule has 0 aromatic heterocycles. The molecule has 78 valence electrons. The van der Waals surface area contributed by atoms with Gasteiger partial charge in [0.15, 0.2) is 0 Å². The number of rotatable bonds is 4. The Morgan fingerprint density at radius 1 is 1.43 bits per heavy atom. The van der Waals surface area contributed by atoms with E-state index in [1.54, 1.807) is 0 Å². The van der Waals surface area contributed by atoms with E-state index >= 15 is 0 Å². The molecule has 0 bridgehead atoms. The lowest BCUT2D eigenvalue weighted by Gasteiger charge is -2.29. The minimum atomic E-state index is 0.00773. The summed E-state index contributed by atoms with van der Waals surface area (Å²) >= 11 is 0. The highest BCUT2D eigenvalue weighted by atomic mass is 15.0. The molecule has 0 heterocycles. The van der Waals surface area contributed by atoms with Crippen molar-refractivity contribution in [3.8, 4) is 0 Å². The molecule has 0 radical (unpaired) electrons. The Bertz CT molecular complexity index is 290. The number of nitrogens with two attached hydrogens (primary N) is 1. The third kappa shape index (κ3) is 2.74. The van der Waals surface area contributed by atoms with E-state index in [-0.39, 0.29) is 5.54 Å². The first-order valence-corrected chi connectivity index (χ1v) is 5.14. The van der Waals surface area contributed by atoms with Crippen LogP contribution in [0.25, 0.3) is 0 Å². The van der Waals surface area contributed by atoms with Gasteiger partial charge < -0.3 is 11.1 Å². The van der Waals surface area contributed by atoms with Crippen LogP contribution < -0.4 is 11.1 Å². The van der Waals surface area contributed by atoms with Crippen LogP contribution >= 0.6 is 0 Å². The third-order valence-corrected chi connectivity index (χ3v) is 2.70. The summed E-state index contributed by atoms with van der Waals surface area (Å²) in [4.78, 5) is 0. The first kappa shape index (κ1) is 11.1. The average Bonchev–Trinajstić information content (AvgIpc) is 2.18. The van der Waals surface area contributed by atoms with Crippen molar-refractivity contribution >= 4 is 5.69 Å². The maximum atomic E-state index is 5.74. The lowest BCUT2D eigenvalue weighted by atomic mass is 9.98. The zero-order chi connectivity index (χ0) is 10.6. The maximum absolute atomic E-state index is 5.74. The molecule has 2 nitrogen and oxygen atoms in total. The predicted molar refractivity (Wildman–Crippen MR) is 62.6 cm³/mol. The number of anilines is 1. The minimum absolute atomic E-state index is 0.00773. The van der Waals surface area contributed by atoms with Crippen molar-refractivity contribution in [2.24, 2.45) is 5.73 Å². The number of benzene rings is 1. The molecule has 1 rings (SSSR count). The molecule has 0 saturated carbocycles. The molecular weight excluding hydrogens is 172 g/mol. The van der Waals surface area contributed by atoms with Crippen molar-refractivity contribution in [2.45, 2.75) is 32.7 Å². The van der Waals surface area contributed by atoms with Crippen LogP contribution in [0.5, 0.6) is 0 Å². The Balaban J connectivity index is 2.77. The van der Waals surface area contributed by atoms with E-state index in [1.807, 2.05) is 0 Å². The van der Waals surface area contributed by atoms with Gasteiger partial charge in [-0.05, 0) is 38.0 Å². The normalized spacial score (nSPS) is 14.9. The Hall–Kier alpha value is -1.02. The summed E-state index contributed by atoms with van der Waals surface area (Å²) in [5, 5.41) is 3.47. The standard InChI is InChI=1S/C12H20N2/c1-4-12(3,9-13)14-11-7-5-6-10(2)8-11/h5-8,14H,4,9,13H2,1-3H3. The third-order valence-electron chi connectivity index (χ3n) is 2.70. The van der Waals surface area contributed by atoms with Crippen molar-refractivity contribution in [3.63, 3.8) is 0 Å². The SMILES string of the molecule is CCC(C)(CN)Nc1cccc(C)c1. The van der Waals surface area contributed by atoms with Gasteiger partial charge in [-0.15, -0.1) is 0 Å². The second-order valence-electron chi connectivity index (χ2n) is 4.11. The van der Waals surface area contributed by atoms with Gasteiger partial charge in [0, 0.05) is 17.8 Å². The quantitative estimate of drug-likeness (QED) is 0.769. The molecule has 0 aliphatic heterocycles. The van der Waals surface area contributed by atoms with E-state index in [2.05, 4.69) is 50.4 Å². The number of aryl methyl sites for hydroxylation is 1. The van der Waals surface area contributed by atoms with Crippen LogP contribution in [0.1, 0.15) is 25.8 Å². The van der Waals surface area contributed by atoms with Gasteiger partial charge in [0.05, 0.1) is 0 Å². The first-order valence-electron chi connectivity index (χ1n) is 5.14. The van der Waals surface area contributed by atoms with Crippen LogP contribution in [0, 0.1) is 6.92 Å². The Kier molecular flexibility index (Phi) is 3.53. The van der Waals surface area contributed by atoms with Gasteiger partial charge in [0.25, 0.3) is 0 Å². The fourth-order valence-electron chi connectivity index (χ4n) is 1.36. The molecule has 0 aliphatic carbocycles. The highest BCUT2D eigenvalue weighted by Gasteiger charge is 2.18. The van der Waals surface area contributed by atoms with Crippen molar-refractivity contribution < 1.29 is 0 Å². The number of hydrogen-bond donors (Lipinski definition) is 2. The summed E-state index contributed by atoms with van der Waals surface area (Å²) in [6.07, 6.45) is 1.03. The van der Waals surface area contributed by atoms with Gasteiger partial charge in [-0.2, -0.15) is 0 Å². The van der Waals surface area contributed by atoms with Crippen LogP contribution in [0.3, 0.4) is 0 Å². The zero-order valence-electron chi connectivity index (χ0n) is 9.30. The fourth-order valence-corrected chi connectivity index (χ4v) is 1.36. The zero-order valence-corrected chi connectivity index (χ0v) is 9.30. The molecule has 1 atom stereocenters. The van der Waals surface area contributed by atoms with Crippen molar-refractivity contribution in [1.82, 2.24) is 0 Å². The molecular formula is C12H20N2. The molecule has 0 aliphatic rings. The average molecular weight is 192 g/mol. The van der Waals surface area contributed by atoms with Crippen LogP contribution in [-0.2, 0) is 0 Å². The summed E-state index contributed by atoms with van der Waals surface area (Å²) in [5.41, 5.74) is 8.17. The molecule has 14 heavy (non-hydrogen) atoms. The lowest BCUT2D eigenvalue weighted by Crippen LogP contribution is -2.41. The largest absolute Gasteiger partial charge is 0.379 e. The summed E-state index contributed by atoms with van der Waals surface area (Å²) < 4.78 is 0. The summed E-state index contributed by atoms with van der Waals surface area (Å²) in [6, 6.07) is 8.38. The van der Waals surface area contributed by atoms with E-state index in [1.165, 1.54) is 5.56 Å².